The topological polar surface area (TPSA) is 105 Å². The molecule has 1 aliphatic rings. The van der Waals surface area contributed by atoms with E-state index in [-0.39, 0.29) is 12.6 Å². The largest absolute Gasteiger partial charge is 0.447 e. The highest BCUT2D eigenvalue weighted by Gasteiger charge is 2.38. The number of cyclic esters (lactones) is 1. The van der Waals surface area contributed by atoms with Crippen LogP contribution in [0.15, 0.2) is 48.9 Å². The molecule has 1 amide bonds. The SMILES string of the molecule is C[C@H](Nc1nccc(N2C(=O)OCC2[C@@H](C)O)n1)c1cnn(-c2ccc(Cl)cc2)c1. The number of hydrogen-bond acceptors (Lipinski definition) is 7. The van der Waals surface area contributed by atoms with Gasteiger partial charge < -0.3 is 15.2 Å². The third kappa shape index (κ3) is 4.07. The molecule has 1 saturated heterocycles. The molecule has 9 nitrogen and oxygen atoms in total. The predicted octanol–water partition coefficient (Wildman–Crippen LogP) is 3.19. The third-order valence-electron chi connectivity index (χ3n) is 4.89. The van der Waals surface area contributed by atoms with Crippen LogP contribution in [0.1, 0.15) is 25.5 Å². The van der Waals surface area contributed by atoms with Crippen LogP contribution in [-0.2, 0) is 4.74 Å². The van der Waals surface area contributed by atoms with Crippen molar-refractivity contribution in [2.24, 2.45) is 0 Å². The molecule has 1 aliphatic heterocycles. The first kappa shape index (κ1) is 20.1. The van der Waals surface area contributed by atoms with Crippen LogP contribution in [-0.4, -0.2) is 49.7 Å². The van der Waals surface area contributed by atoms with Gasteiger partial charge in [0.15, 0.2) is 0 Å². The first-order chi connectivity index (χ1) is 14.4. The highest BCUT2D eigenvalue weighted by molar-refractivity contribution is 6.30. The number of ether oxygens (including phenoxy) is 1. The summed E-state index contributed by atoms with van der Waals surface area (Å²) in [6.07, 6.45) is 3.94. The highest BCUT2D eigenvalue weighted by Crippen LogP contribution is 2.25. The second-order valence-electron chi connectivity index (χ2n) is 7.05. The van der Waals surface area contributed by atoms with Crippen molar-refractivity contribution in [1.29, 1.82) is 0 Å². The molecular formula is C20H21ClN6O3. The van der Waals surface area contributed by atoms with E-state index in [9.17, 15) is 9.90 Å². The van der Waals surface area contributed by atoms with Gasteiger partial charge in [-0.15, -0.1) is 0 Å². The van der Waals surface area contributed by atoms with Gasteiger partial charge >= 0.3 is 6.09 Å². The summed E-state index contributed by atoms with van der Waals surface area (Å²) in [6, 6.07) is 8.37. The van der Waals surface area contributed by atoms with E-state index >= 15 is 0 Å². The van der Waals surface area contributed by atoms with Crippen LogP contribution >= 0.6 is 11.6 Å². The number of aliphatic hydroxyl groups excluding tert-OH is 1. The number of amides is 1. The molecule has 0 radical (unpaired) electrons. The monoisotopic (exact) mass is 428 g/mol. The van der Waals surface area contributed by atoms with Crippen molar-refractivity contribution in [2.75, 3.05) is 16.8 Å². The van der Waals surface area contributed by atoms with E-state index in [0.29, 0.717) is 16.8 Å². The quantitative estimate of drug-likeness (QED) is 0.621. The maximum absolute atomic E-state index is 12.1. The number of anilines is 2. The zero-order valence-electron chi connectivity index (χ0n) is 16.4. The van der Waals surface area contributed by atoms with Gasteiger partial charge in [0.1, 0.15) is 18.5 Å². The fraction of sp³-hybridized carbons (Fsp3) is 0.300. The molecular weight excluding hydrogens is 408 g/mol. The standard InChI is InChI=1S/C20H21ClN6O3/c1-12(14-9-23-26(10-14)16-5-3-15(21)4-6-16)24-19-22-8-7-18(25-19)27-17(13(2)28)11-30-20(27)29/h3-10,12-13,17,28H,11H2,1-2H3,(H,22,24,25)/t12-,13+,17?/m0/s1. The molecule has 10 heteroatoms. The summed E-state index contributed by atoms with van der Waals surface area (Å²) in [5.74, 6) is 0.716. The molecule has 1 fully saturated rings. The Morgan fingerprint density at radius 3 is 2.77 bits per heavy atom. The third-order valence-corrected chi connectivity index (χ3v) is 5.14. The van der Waals surface area contributed by atoms with Crippen molar-refractivity contribution >= 4 is 29.5 Å². The number of hydrogen-bond donors (Lipinski definition) is 2. The fourth-order valence-electron chi connectivity index (χ4n) is 3.18. The van der Waals surface area contributed by atoms with Crippen LogP contribution in [0.4, 0.5) is 16.6 Å². The minimum atomic E-state index is -0.750. The molecule has 0 spiro atoms. The Kier molecular flexibility index (Phi) is 5.56. The lowest BCUT2D eigenvalue weighted by atomic mass is 10.2. The van der Waals surface area contributed by atoms with E-state index in [1.54, 1.807) is 30.1 Å². The Hall–Kier alpha value is -3.17. The Morgan fingerprint density at radius 2 is 2.03 bits per heavy atom. The number of carbonyl (C=O) groups excluding carboxylic acids is 1. The van der Waals surface area contributed by atoms with Gasteiger partial charge in [-0.2, -0.15) is 10.1 Å². The van der Waals surface area contributed by atoms with Gasteiger partial charge in [-0.1, -0.05) is 11.6 Å². The fourth-order valence-corrected chi connectivity index (χ4v) is 3.31. The second kappa shape index (κ2) is 8.29. The van der Waals surface area contributed by atoms with Crippen molar-refractivity contribution in [2.45, 2.75) is 32.0 Å². The van der Waals surface area contributed by atoms with Crippen LogP contribution in [0.25, 0.3) is 5.69 Å². The molecule has 2 N–H and O–H groups in total. The van der Waals surface area contributed by atoms with E-state index in [0.717, 1.165) is 11.3 Å². The van der Waals surface area contributed by atoms with Gasteiger partial charge in [0.25, 0.3) is 0 Å². The van der Waals surface area contributed by atoms with Gasteiger partial charge in [-0.05, 0) is 44.2 Å². The zero-order valence-corrected chi connectivity index (χ0v) is 17.2. The Bertz CT molecular complexity index is 1040. The average Bonchev–Trinajstić information content (AvgIpc) is 3.36. The lowest BCUT2D eigenvalue weighted by Gasteiger charge is -2.23. The van der Waals surface area contributed by atoms with Crippen LogP contribution in [0.2, 0.25) is 5.02 Å². The van der Waals surface area contributed by atoms with Crippen LogP contribution < -0.4 is 10.2 Å². The minimum absolute atomic E-state index is 0.115. The van der Waals surface area contributed by atoms with E-state index in [1.807, 2.05) is 37.4 Å². The maximum Gasteiger partial charge on any atom is 0.416 e. The van der Waals surface area contributed by atoms with Crippen molar-refractivity contribution in [3.63, 3.8) is 0 Å². The van der Waals surface area contributed by atoms with Gasteiger partial charge in [-0.3, -0.25) is 4.90 Å². The number of aliphatic hydroxyl groups is 1. The van der Waals surface area contributed by atoms with Crippen LogP contribution in [0.5, 0.6) is 0 Å². The summed E-state index contributed by atoms with van der Waals surface area (Å²) in [5, 5.41) is 18.2. The normalized spacial score (nSPS) is 18.2. The summed E-state index contributed by atoms with van der Waals surface area (Å²) in [4.78, 5) is 22.1. The maximum atomic E-state index is 12.1. The minimum Gasteiger partial charge on any atom is -0.447 e. The van der Waals surface area contributed by atoms with Crippen molar-refractivity contribution < 1.29 is 14.6 Å². The van der Waals surface area contributed by atoms with Gasteiger partial charge in [0.05, 0.1) is 24.0 Å². The Morgan fingerprint density at radius 1 is 1.27 bits per heavy atom. The van der Waals surface area contributed by atoms with E-state index in [1.165, 1.54) is 4.90 Å². The molecule has 0 saturated carbocycles. The number of benzene rings is 1. The number of rotatable bonds is 6. The molecule has 0 bridgehead atoms. The van der Waals surface area contributed by atoms with Crippen LogP contribution in [0.3, 0.4) is 0 Å². The van der Waals surface area contributed by atoms with Gasteiger partial charge in [0.2, 0.25) is 5.95 Å². The molecule has 4 rings (SSSR count). The number of nitrogens with zero attached hydrogens (tertiary/aromatic N) is 5. The lowest BCUT2D eigenvalue weighted by Crippen LogP contribution is -2.41. The number of halogens is 1. The molecule has 2 aromatic heterocycles. The predicted molar refractivity (Wildman–Crippen MR) is 112 cm³/mol. The average molecular weight is 429 g/mol. The molecule has 3 aromatic rings. The summed E-state index contributed by atoms with van der Waals surface area (Å²) >= 11 is 5.94. The second-order valence-corrected chi connectivity index (χ2v) is 7.49. The number of carbonyl (C=O) groups is 1. The molecule has 30 heavy (non-hydrogen) atoms. The molecule has 1 aromatic carbocycles. The van der Waals surface area contributed by atoms with Gasteiger partial charge in [0, 0.05) is 23.0 Å². The molecule has 3 heterocycles. The van der Waals surface area contributed by atoms with Crippen molar-refractivity contribution in [1.82, 2.24) is 19.7 Å². The Labute approximate surface area is 178 Å². The molecule has 0 aliphatic carbocycles. The molecule has 156 valence electrons. The lowest BCUT2D eigenvalue weighted by molar-refractivity contribution is 0.142. The van der Waals surface area contributed by atoms with Crippen molar-refractivity contribution in [3.05, 3.63) is 59.5 Å². The summed E-state index contributed by atoms with van der Waals surface area (Å²) < 4.78 is 6.82. The van der Waals surface area contributed by atoms with Gasteiger partial charge in [-0.25, -0.2) is 14.5 Å². The smallest absolute Gasteiger partial charge is 0.416 e. The van der Waals surface area contributed by atoms with E-state index in [4.69, 9.17) is 16.3 Å². The first-order valence-corrected chi connectivity index (χ1v) is 9.84. The molecule has 1 unspecified atom stereocenters. The summed E-state index contributed by atoms with van der Waals surface area (Å²) in [5.41, 5.74) is 1.83. The zero-order chi connectivity index (χ0) is 21.3. The van der Waals surface area contributed by atoms with Crippen LogP contribution in [0, 0.1) is 0 Å². The number of nitrogens with one attached hydrogen (secondary N) is 1. The van der Waals surface area contributed by atoms with Crippen molar-refractivity contribution in [3.8, 4) is 5.69 Å². The highest BCUT2D eigenvalue weighted by atomic mass is 35.5. The first-order valence-electron chi connectivity index (χ1n) is 9.46. The summed E-state index contributed by atoms with van der Waals surface area (Å²) in [7, 11) is 0. The Balaban J connectivity index is 1.50. The van der Waals surface area contributed by atoms with E-state index < -0.39 is 18.2 Å². The number of aromatic nitrogens is 4. The van der Waals surface area contributed by atoms with E-state index in [2.05, 4.69) is 20.4 Å². The molecule has 3 atom stereocenters. The summed E-state index contributed by atoms with van der Waals surface area (Å²) in [6.45, 7) is 3.69.